The molecule has 1 aliphatic rings. The summed E-state index contributed by atoms with van der Waals surface area (Å²) in [7, 11) is 1.84. The van der Waals surface area contributed by atoms with Gasteiger partial charge in [0.15, 0.2) is 0 Å². The smallest absolute Gasteiger partial charge is 0.222 e. The minimum absolute atomic E-state index is 0.0100. The Hall–Kier alpha value is -0.650. The van der Waals surface area contributed by atoms with Crippen molar-refractivity contribution < 1.29 is 15.0 Å². The summed E-state index contributed by atoms with van der Waals surface area (Å²) in [5.41, 5.74) is 0. The Morgan fingerprint density at radius 2 is 2.00 bits per heavy atom. The van der Waals surface area contributed by atoms with Gasteiger partial charge in [-0.05, 0) is 20.0 Å². The third-order valence-electron chi connectivity index (χ3n) is 2.43. The second-order valence-corrected chi connectivity index (χ2v) is 3.64. The lowest BCUT2D eigenvalue weighted by atomic mass is 10.3. The zero-order chi connectivity index (χ0) is 10.6. The van der Waals surface area contributed by atoms with Crippen molar-refractivity contribution >= 4 is 5.91 Å². The molecule has 1 rings (SSSR count). The Kier molecular flexibility index (Phi) is 4.31. The predicted octanol–water partition coefficient (Wildman–Crippen LogP) is -1.45. The average Bonchev–Trinajstić information content (AvgIpc) is 2.47. The first-order valence-electron chi connectivity index (χ1n) is 4.93. The number of likely N-dealkylation sites (tertiary alicyclic amines) is 1. The van der Waals surface area contributed by atoms with Crippen LogP contribution in [0.15, 0.2) is 0 Å². The number of rotatable bonds is 4. The van der Waals surface area contributed by atoms with E-state index in [1.807, 2.05) is 7.05 Å². The van der Waals surface area contributed by atoms with E-state index >= 15 is 0 Å². The maximum Gasteiger partial charge on any atom is 0.222 e. The summed E-state index contributed by atoms with van der Waals surface area (Å²) in [5, 5.41) is 21.4. The van der Waals surface area contributed by atoms with Crippen molar-refractivity contribution in [2.75, 3.05) is 26.7 Å². The van der Waals surface area contributed by atoms with E-state index in [9.17, 15) is 15.0 Å². The van der Waals surface area contributed by atoms with E-state index < -0.39 is 12.2 Å². The van der Waals surface area contributed by atoms with Crippen LogP contribution in [0.4, 0.5) is 0 Å². The van der Waals surface area contributed by atoms with E-state index in [-0.39, 0.29) is 19.0 Å². The molecule has 0 unspecified atom stereocenters. The molecular formula is C9H18N2O3. The van der Waals surface area contributed by atoms with E-state index in [1.165, 1.54) is 4.90 Å². The zero-order valence-corrected chi connectivity index (χ0v) is 8.44. The number of β-amino-alcohol motifs (C(OH)–C–C–N with tert-alkyl or cyclic N) is 2. The van der Waals surface area contributed by atoms with E-state index in [0.717, 1.165) is 13.0 Å². The highest BCUT2D eigenvalue weighted by molar-refractivity contribution is 5.76. The molecule has 0 aromatic carbocycles. The monoisotopic (exact) mass is 202 g/mol. The number of aliphatic hydroxyl groups is 2. The van der Waals surface area contributed by atoms with Gasteiger partial charge in [0, 0.05) is 19.5 Å². The molecule has 14 heavy (non-hydrogen) atoms. The fourth-order valence-corrected chi connectivity index (χ4v) is 1.55. The van der Waals surface area contributed by atoms with Gasteiger partial charge in [-0.2, -0.15) is 0 Å². The lowest BCUT2D eigenvalue weighted by Crippen LogP contribution is -2.30. The molecule has 0 aromatic heterocycles. The first kappa shape index (κ1) is 11.4. The molecule has 1 amide bonds. The summed E-state index contributed by atoms with van der Waals surface area (Å²) >= 11 is 0. The summed E-state index contributed by atoms with van der Waals surface area (Å²) in [4.78, 5) is 13.0. The number of hydrogen-bond donors (Lipinski definition) is 3. The van der Waals surface area contributed by atoms with Crippen LogP contribution in [0, 0.1) is 0 Å². The molecular weight excluding hydrogens is 184 g/mol. The van der Waals surface area contributed by atoms with Gasteiger partial charge in [0.1, 0.15) is 0 Å². The second kappa shape index (κ2) is 5.29. The fourth-order valence-electron chi connectivity index (χ4n) is 1.55. The third kappa shape index (κ3) is 2.94. The van der Waals surface area contributed by atoms with E-state index in [2.05, 4.69) is 5.32 Å². The van der Waals surface area contributed by atoms with Crippen LogP contribution in [-0.4, -0.2) is 59.9 Å². The van der Waals surface area contributed by atoms with Crippen LogP contribution in [0.5, 0.6) is 0 Å². The summed E-state index contributed by atoms with van der Waals surface area (Å²) in [5.74, 6) is 0.0100. The molecule has 3 N–H and O–H groups in total. The minimum atomic E-state index is -0.775. The zero-order valence-electron chi connectivity index (χ0n) is 8.44. The first-order valence-corrected chi connectivity index (χ1v) is 4.93. The number of hydrogen-bond acceptors (Lipinski definition) is 4. The highest BCUT2D eigenvalue weighted by Gasteiger charge is 2.31. The summed E-state index contributed by atoms with van der Waals surface area (Å²) < 4.78 is 0. The van der Waals surface area contributed by atoms with Gasteiger partial charge in [-0.1, -0.05) is 0 Å². The summed E-state index contributed by atoms with van der Waals surface area (Å²) in [6.07, 6.45) is -0.287. The van der Waals surface area contributed by atoms with Crippen LogP contribution in [0.1, 0.15) is 12.8 Å². The largest absolute Gasteiger partial charge is 0.388 e. The molecule has 0 bridgehead atoms. The molecule has 0 aliphatic carbocycles. The molecule has 1 fully saturated rings. The van der Waals surface area contributed by atoms with Crippen LogP contribution < -0.4 is 5.32 Å². The van der Waals surface area contributed by atoms with Gasteiger partial charge < -0.3 is 20.4 Å². The van der Waals surface area contributed by atoms with Crippen molar-refractivity contribution in [3.8, 4) is 0 Å². The molecule has 0 aromatic rings. The number of carbonyl (C=O) groups excluding carboxylic acids is 1. The van der Waals surface area contributed by atoms with E-state index in [0.29, 0.717) is 6.42 Å². The number of amides is 1. The molecule has 5 heteroatoms. The maximum atomic E-state index is 11.5. The quantitative estimate of drug-likeness (QED) is 0.488. The molecule has 0 saturated carbocycles. The Balaban J connectivity index is 2.25. The van der Waals surface area contributed by atoms with Crippen molar-refractivity contribution in [1.82, 2.24) is 10.2 Å². The molecule has 1 saturated heterocycles. The van der Waals surface area contributed by atoms with Crippen LogP contribution in [0.3, 0.4) is 0 Å². The van der Waals surface area contributed by atoms with Crippen molar-refractivity contribution in [3.05, 3.63) is 0 Å². The molecule has 82 valence electrons. The lowest BCUT2D eigenvalue weighted by molar-refractivity contribution is -0.130. The molecule has 0 spiro atoms. The van der Waals surface area contributed by atoms with Gasteiger partial charge >= 0.3 is 0 Å². The van der Waals surface area contributed by atoms with Crippen LogP contribution in [0.2, 0.25) is 0 Å². The van der Waals surface area contributed by atoms with Crippen molar-refractivity contribution in [2.24, 2.45) is 0 Å². The maximum absolute atomic E-state index is 11.5. The number of carbonyl (C=O) groups is 1. The van der Waals surface area contributed by atoms with Crippen LogP contribution in [-0.2, 0) is 4.79 Å². The van der Waals surface area contributed by atoms with Gasteiger partial charge in [0.2, 0.25) is 5.91 Å². The first-order chi connectivity index (χ1) is 6.65. The summed E-state index contributed by atoms with van der Waals surface area (Å²) in [6.45, 7) is 1.34. The highest BCUT2D eigenvalue weighted by atomic mass is 16.3. The minimum Gasteiger partial charge on any atom is -0.388 e. The van der Waals surface area contributed by atoms with Gasteiger partial charge in [0.25, 0.3) is 0 Å². The van der Waals surface area contributed by atoms with Crippen molar-refractivity contribution in [2.45, 2.75) is 25.0 Å². The van der Waals surface area contributed by atoms with E-state index in [1.54, 1.807) is 0 Å². The van der Waals surface area contributed by atoms with Gasteiger partial charge in [-0.3, -0.25) is 4.79 Å². The standard InChI is InChI=1S/C9H18N2O3/c1-10-4-2-3-9(14)11-5-7(12)8(13)6-11/h7-8,10,12-13H,2-6H2,1H3/t7-,8+. The van der Waals surface area contributed by atoms with Crippen LogP contribution in [0.25, 0.3) is 0 Å². The fraction of sp³-hybridized carbons (Fsp3) is 0.889. The Labute approximate surface area is 83.7 Å². The Bertz CT molecular complexity index is 188. The highest BCUT2D eigenvalue weighted by Crippen LogP contribution is 2.11. The van der Waals surface area contributed by atoms with E-state index in [4.69, 9.17) is 0 Å². The second-order valence-electron chi connectivity index (χ2n) is 3.64. The average molecular weight is 202 g/mol. The van der Waals surface area contributed by atoms with Crippen molar-refractivity contribution in [3.63, 3.8) is 0 Å². The summed E-state index contributed by atoms with van der Waals surface area (Å²) in [6, 6.07) is 0. The molecule has 0 radical (unpaired) electrons. The van der Waals surface area contributed by atoms with Crippen LogP contribution >= 0.6 is 0 Å². The molecule has 5 nitrogen and oxygen atoms in total. The van der Waals surface area contributed by atoms with Gasteiger partial charge in [0.05, 0.1) is 12.2 Å². The normalized spacial score (nSPS) is 26.9. The van der Waals surface area contributed by atoms with Gasteiger partial charge in [-0.25, -0.2) is 0 Å². The van der Waals surface area contributed by atoms with Gasteiger partial charge in [-0.15, -0.1) is 0 Å². The third-order valence-corrected chi connectivity index (χ3v) is 2.43. The lowest BCUT2D eigenvalue weighted by Gasteiger charge is -2.14. The molecule has 1 aliphatic heterocycles. The number of nitrogens with zero attached hydrogens (tertiary/aromatic N) is 1. The topological polar surface area (TPSA) is 72.8 Å². The SMILES string of the molecule is CNCCCC(=O)N1C[C@@H](O)[C@@H](O)C1. The Morgan fingerprint density at radius 1 is 1.43 bits per heavy atom. The number of nitrogens with one attached hydrogen (secondary N) is 1. The predicted molar refractivity (Wildman–Crippen MR) is 51.8 cm³/mol. The molecule has 1 heterocycles. The Morgan fingerprint density at radius 3 is 2.50 bits per heavy atom. The van der Waals surface area contributed by atoms with Crippen molar-refractivity contribution in [1.29, 1.82) is 0 Å². The number of aliphatic hydroxyl groups excluding tert-OH is 2. The molecule has 2 atom stereocenters.